The number of para-hydroxylation sites is 1. The maximum absolute atomic E-state index is 12.8. The molecule has 0 amide bonds. The lowest BCUT2D eigenvalue weighted by molar-refractivity contribution is 0.683. The van der Waals surface area contributed by atoms with Gasteiger partial charge in [0.25, 0.3) is 0 Å². The van der Waals surface area contributed by atoms with Gasteiger partial charge in [0.2, 0.25) is 0 Å². The van der Waals surface area contributed by atoms with Gasteiger partial charge in [0, 0.05) is 30.7 Å². The van der Waals surface area contributed by atoms with Gasteiger partial charge < -0.3 is 10.3 Å². The van der Waals surface area contributed by atoms with Crippen molar-refractivity contribution in [3.63, 3.8) is 0 Å². The Kier molecular flexibility index (Phi) is 4.34. The standard InChI is InChI=1S/C17H17N3OS/c1-18-15-8-4-2-6-13(15)12-22(21)16-9-5-3-7-14(16)17-19-10-11-20-17/h2-11,18H,12H2,1H3,(H,19,20). The number of rotatable bonds is 5. The zero-order valence-corrected chi connectivity index (χ0v) is 13.1. The van der Waals surface area contributed by atoms with E-state index >= 15 is 0 Å². The summed E-state index contributed by atoms with van der Waals surface area (Å²) in [5, 5.41) is 3.14. The molecule has 0 aliphatic rings. The second-order valence-corrected chi connectivity index (χ2v) is 6.25. The lowest BCUT2D eigenvalue weighted by Gasteiger charge is -2.10. The number of hydrogen-bond donors (Lipinski definition) is 2. The minimum Gasteiger partial charge on any atom is -0.388 e. The Balaban J connectivity index is 1.93. The van der Waals surface area contributed by atoms with Crippen molar-refractivity contribution in [1.82, 2.24) is 9.97 Å². The molecule has 4 nitrogen and oxygen atoms in total. The van der Waals surface area contributed by atoms with Crippen LogP contribution in [0.25, 0.3) is 11.4 Å². The summed E-state index contributed by atoms with van der Waals surface area (Å²) in [5.41, 5.74) is 2.93. The number of anilines is 1. The van der Waals surface area contributed by atoms with Crippen LogP contribution in [0.2, 0.25) is 0 Å². The van der Waals surface area contributed by atoms with E-state index in [1.807, 2.05) is 55.6 Å². The maximum Gasteiger partial charge on any atom is 0.138 e. The lowest BCUT2D eigenvalue weighted by atomic mass is 10.2. The van der Waals surface area contributed by atoms with Crippen LogP contribution in [0.5, 0.6) is 0 Å². The van der Waals surface area contributed by atoms with Crippen molar-refractivity contribution >= 4 is 16.5 Å². The summed E-state index contributed by atoms with van der Waals surface area (Å²) in [6.07, 6.45) is 3.47. The van der Waals surface area contributed by atoms with Crippen LogP contribution in [0.15, 0.2) is 65.8 Å². The first-order chi connectivity index (χ1) is 10.8. The zero-order chi connectivity index (χ0) is 15.4. The molecule has 0 aliphatic heterocycles. The molecular weight excluding hydrogens is 294 g/mol. The van der Waals surface area contributed by atoms with Gasteiger partial charge in [-0.3, -0.25) is 4.21 Å². The van der Waals surface area contributed by atoms with E-state index in [1.54, 1.807) is 12.4 Å². The Morgan fingerprint density at radius 2 is 1.91 bits per heavy atom. The molecule has 1 unspecified atom stereocenters. The first-order valence-corrected chi connectivity index (χ1v) is 8.34. The lowest BCUT2D eigenvalue weighted by Crippen LogP contribution is -2.02. The minimum absolute atomic E-state index is 0.467. The number of hydrogen-bond acceptors (Lipinski definition) is 3. The van der Waals surface area contributed by atoms with Gasteiger partial charge >= 0.3 is 0 Å². The van der Waals surface area contributed by atoms with E-state index in [0.29, 0.717) is 5.75 Å². The molecule has 3 rings (SSSR count). The number of benzene rings is 2. The number of H-pyrrole nitrogens is 1. The van der Waals surface area contributed by atoms with Gasteiger partial charge in [-0.05, 0) is 17.7 Å². The largest absolute Gasteiger partial charge is 0.388 e. The Bertz CT molecular complexity index is 784. The number of aromatic amines is 1. The summed E-state index contributed by atoms with van der Waals surface area (Å²) in [6, 6.07) is 15.6. The third-order valence-electron chi connectivity index (χ3n) is 3.46. The van der Waals surface area contributed by atoms with Crippen LogP contribution >= 0.6 is 0 Å². The SMILES string of the molecule is CNc1ccccc1CS(=O)c1ccccc1-c1ncc[nH]1. The third-order valence-corrected chi connectivity index (χ3v) is 4.88. The van der Waals surface area contributed by atoms with E-state index < -0.39 is 10.8 Å². The summed E-state index contributed by atoms with van der Waals surface area (Å²) < 4.78 is 12.8. The quantitative estimate of drug-likeness (QED) is 0.759. The van der Waals surface area contributed by atoms with Crippen molar-refractivity contribution in [2.24, 2.45) is 0 Å². The molecule has 3 aromatic rings. The van der Waals surface area contributed by atoms with E-state index in [4.69, 9.17) is 0 Å². The van der Waals surface area contributed by atoms with Crippen LogP contribution in [0.3, 0.4) is 0 Å². The van der Waals surface area contributed by atoms with Gasteiger partial charge in [-0.25, -0.2) is 4.98 Å². The molecule has 1 heterocycles. The maximum atomic E-state index is 12.8. The molecule has 2 aromatic carbocycles. The van der Waals surface area contributed by atoms with Crippen LogP contribution in [0.4, 0.5) is 5.69 Å². The van der Waals surface area contributed by atoms with E-state index in [9.17, 15) is 4.21 Å². The molecule has 1 aromatic heterocycles. The summed E-state index contributed by atoms with van der Waals surface area (Å²) in [7, 11) is 0.731. The predicted octanol–water partition coefficient (Wildman–Crippen LogP) is 3.43. The van der Waals surface area contributed by atoms with Crippen molar-refractivity contribution in [2.45, 2.75) is 10.6 Å². The molecule has 22 heavy (non-hydrogen) atoms. The Morgan fingerprint density at radius 3 is 2.68 bits per heavy atom. The number of aromatic nitrogens is 2. The molecule has 0 fully saturated rings. The zero-order valence-electron chi connectivity index (χ0n) is 12.2. The monoisotopic (exact) mass is 311 g/mol. The van der Waals surface area contributed by atoms with Crippen molar-refractivity contribution in [1.29, 1.82) is 0 Å². The molecule has 112 valence electrons. The van der Waals surface area contributed by atoms with E-state index in [0.717, 1.165) is 27.5 Å². The molecule has 0 saturated carbocycles. The Morgan fingerprint density at radius 1 is 1.14 bits per heavy atom. The van der Waals surface area contributed by atoms with Gasteiger partial charge in [0.15, 0.2) is 0 Å². The van der Waals surface area contributed by atoms with Gasteiger partial charge in [-0.15, -0.1) is 0 Å². The molecule has 0 bridgehead atoms. The Labute approximate surface area is 132 Å². The highest BCUT2D eigenvalue weighted by Gasteiger charge is 2.14. The fourth-order valence-electron chi connectivity index (χ4n) is 2.38. The van der Waals surface area contributed by atoms with Crippen molar-refractivity contribution in [3.8, 4) is 11.4 Å². The smallest absolute Gasteiger partial charge is 0.138 e. The Hall–Kier alpha value is -2.40. The minimum atomic E-state index is -1.14. The first-order valence-electron chi connectivity index (χ1n) is 7.02. The van der Waals surface area contributed by atoms with Crippen LogP contribution < -0.4 is 5.32 Å². The average Bonchev–Trinajstić information content (AvgIpc) is 3.09. The predicted molar refractivity (Wildman–Crippen MR) is 90.1 cm³/mol. The highest BCUT2D eigenvalue weighted by atomic mass is 32.2. The molecule has 5 heteroatoms. The second kappa shape index (κ2) is 6.58. The molecule has 0 aliphatic carbocycles. The van der Waals surface area contributed by atoms with Gasteiger partial charge in [-0.1, -0.05) is 36.4 Å². The summed E-state index contributed by atoms with van der Waals surface area (Å²) in [5.74, 6) is 1.21. The van der Waals surface area contributed by atoms with Crippen LogP contribution in [0.1, 0.15) is 5.56 Å². The summed E-state index contributed by atoms with van der Waals surface area (Å²) >= 11 is 0. The van der Waals surface area contributed by atoms with Gasteiger partial charge in [0.1, 0.15) is 5.82 Å². The number of nitrogens with one attached hydrogen (secondary N) is 2. The van der Waals surface area contributed by atoms with Gasteiger partial charge in [-0.2, -0.15) is 0 Å². The highest BCUT2D eigenvalue weighted by Crippen LogP contribution is 2.26. The van der Waals surface area contributed by atoms with Crippen LogP contribution in [0, 0.1) is 0 Å². The summed E-state index contributed by atoms with van der Waals surface area (Å²) in [4.78, 5) is 8.14. The molecule has 2 N–H and O–H groups in total. The molecule has 0 saturated heterocycles. The van der Waals surface area contributed by atoms with Crippen molar-refractivity contribution in [3.05, 3.63) is 66.5 Å². The van der Waals surface area contributed by atoms with E-state index in [-0.39, 0.29) is 0 Å². The molecule has 1 atom stereocenters. The van der Waals surface area contributed by atoms with Crippen LogP contribution in [-0.2, 0) is 16.6 Å². The summed E-state index contributed by atoms with van der Waals surface area (Å²) in [6.45, 7) is 0. The van der Waals surface area contributed by atoms with Crippen LogP contribution in [-0.4, -0.2) is 21.2 Å². The van der Waals surface area contributed by atoms with Crippen molar-refractivity contribution < 1.29 is 4.21 Å². The second-order valence-electron chi connectivity index (χ2n) is 4.83. The first kappa shape index (κ1) is 14.5. The van der Waals surface area contributed by atoms with E-state index in [2.05, 4.69) is 15.3 Å². The molecule has 0 radical (unpaired) electrons. The average molecular weight is 311 g/mol. The number of nitrogens with zero attached hydrogens (tertiary/aromatic N) is 1. The normalized spacial score (nSPS) is 12.0. The van der Waals surface area contributed by atoms with Crippen molar-refractivity contribution in [2.75, 3.05) is 12.4 Å². The fourth-order valence-corrected chi connectivity index (χ4v) is 3.71. The third kappa shape index (κ3) is 2.94. The van der Waals surface area contributed by atoms with Gasteiger partial charge in [0.05, 0.1) is 21.4 Å². The molecular formula is C17H17N3OS. The number of imidazole rings is 1. The topological polar surface area (TPSA) is 57.8 Å². The fraction of sp³-hybridized carbons (Fsp3) is 0.118. The molecule has 0 spiro atoms. The van der Waals surface area contributed by atoms with E-state index in [1.165, 1.54) is 0 Å². The highest BCUT2D eigenvalue weighted by molar-refractivity contribution is 7.84.